The van der Waals surface area contributed by atoms with E-state index in [2.05, 4.69) is 0 Å². The van der Waals surface area contributed by atoms with Gasteiger partial charge in [0, 0.05) is 6.61 Å². The van der Waals surface area contributed by atoms with E-state index in [1.54, 1.807) is 0 Å². The zero-order valence-corrected chi connectivity index (χ0v) is 9.39. The van der Waals surface area contributed by atoms with Crippen LogP contribution in [0.1, 0.15) is 27.2 Å². The number of rotatable bonds is 7. The summed E-state index contributed by atoms with van der Waals surface area (Å²) in [5.41, 5.74) is 5.49. The molecule has 0 aromatic heterocycles. The molecule has 13 heavy (non-hydrogen) atoms. The van der Waals surface area contributed by atoms with Gasteiger partial charge in [-0.3, -0.25) is 0 Å². The standard InChI is InChI=1S/C9H19NO2S/c1-4-8(9(10)13)12-7(3)6-11-5-2/h7-8H,4-6H2,1-3H3,(H2,10,13). The maximum Gasteiger partial charge on any atom is 0.107 e. The molecule has 0 heterocycles. The maximum absolute atomic E-state index is 5.57. The Hall–Kier alpha value is -0.190. The van der Waals surface area contributed by atoms with Crippen LogP contribution in [0.15, 0.2) is 0 Å². The molecule has 4 heteroatoms. The summed E-state index contributed by atoms with van der Waals surface area (Å²) in [7, 11) is 0. The first kappa shape index (κ1) is 12.8. The molecule has 0 saturated carbocycles. The molecule has 0 aromatic carbocycles. The van der Waals surface area contributed by atoms with Crippen LogP contribution in [0.4, 0.5) is 0 Å². The maximum atomic E-state index is 5.57. The molecular formula is C9H19NO2S. The van der Waals surface area contributed by atoms with E-state index in [4.69, 9.17) is 27.4 Å². The van der Waals surface area contributed by atoms with E-state index in [-0.39, 0.29) is 12.2 Å². The van der Waals surface area contributed by atoms with Gasteiger partial charge in [0.15, 0.2) is 0 Å². The molecule has 0 saturated heterocycles. The molecule has 0 radical (unpaired) electrons. The van der Waals surface area contributed by atoms with E-state index in [0.29, 0.717) is 18.2 Å². The minimum absolute atomic E-state index is 0.0476. The van der Waals surface area contributed by atoms with Crippen molar-refractivity contribution >= 4 is 17.2 Å². The lowest BCUT2D eigenvalue weighted by atomic mass is 10.2. The average molecular weight is 205 g/mol. The molecule has 2 atom stereocenters. The topological polar surface area (TPSA) is 44.5 Å². The average Bonchev–Trinajstić information content (AvgIpc) is 2.10. The van der Waals surface area contributed by atoms with Crippen LogP contribution in [0, 0.1) is 0 Å². The van der Waals surface area contributed by atoms with E-state index in [1.165, 1.54) is 0 Å². The van der Waals surface area contributed by atoms with E-state index >= 15 is 0 Å². The second kappa shape index (κ2) is 7.24. The summed E-state index contributed by atoms with van der Waals surface area (Å²) in [4.78, 5) is 0.422. The molecular weight excluding hydrogens is 186 g/mol. The fourth-order valence-corrected chi connectivity index (χ4v) is 1.19. The van der Waals surface area contributed by atoms with Crippen LogP contribution in [-0.4, -0.2) is 30.4 Å². The lowest BCUT2D eigenvalue weighted by Crippen LogP contribution is -2.33. The summed E-state index contributed by atoms with van der Waals surface area (Å²) >= 11 is 4.86. The van der Waals surface area contributed by atoms with Crippen molar-refractivity contribution in [3.8, 4) is 0 Å². The number of hydrogen-bond acceptors (Lipinski definition) is 3. The van der Waals surface area contributed by atoms with Crippen molar-refractivity contribution in [1.82, 2.24) is 0 Å². The molecule has 0 aliphatic rings. The zero-order chi connectivity index (χ0) is 10.3. The fourth-order valence-electron chi connectivity index (χ4n) is 0.968. The summed E-state index contributed by atoms with van der Waals surface area (Å²) < 4.78 is 10.8. The Bertz CT molecular complexity index is 153. The predicted octanol–water partition coefficient (Wildman–Crippen LogP) is 1.49. The van der Waals surface area contributed by atoms with Gasteiger partial charge in [-0.25, -0.2) is 0 Å². The summed E-state index contributed by atoms with van der Waals surface area (Å²) in [5, 5.41) is 0. The molecule has 78 valence electrons. The van der Waals surface area contributed by atoms with Crippen LogP contribution in [-0.2, 0) is 9.47 Å². The molecule has 0 spiro atoms. The molecule has 0 amide bonds. The molecule has 2 unspecified atom stereocenters. The molecule has 0 aliphatic heterocycles. The third-order valence-electron chi connectivity index (χ3n) is 1.64. The van der Waals surface area contributed by atoms with Crippen LogP contribution < -0.4 is 5.73 Å². The molecule has 0 aromatic rings. The van der Waals surface area contributed by atoms with Crippen molar-refractivity contribution in [2.75, 3.05) is 13.2 Å². The van der Waals surface area contributed by atoms with Crippen molar-refractivity contribution in [2.24, 2.45) is 5.73 Å². The van der Waals surface area contributed by atoms with Gasteiger partial charge in [0.1, 0.15) is 11.1 Å². The first-order valence-corrected chi connectivity index (χ1v) is 5.05. The summed E-state index contributed by atoms with van der Waals surface area (Å²) in [6.45, 7) is 7.21. The number of ether oxygens (including phenoxy) is 2. The van der Waals surface area contributed by atoms with Crippen LogP contribution in [0.3, 0.4) is 0 Å². The quantitative estimate of drug-likeness (QED) is 0.640. The van der Waals surface area contributed by atoms with Gasteiger partial charge in [-0.1, -0.05) is 19.1 Å². The van der Waals surface area contributed by atoms with Crippen LogP contribution in [0.2, 0.25) is 0 Å². The lowest BCUT2D eigenvalue weighted by molar-refractivity contribution is -0.0225. The van der Waals surface area contributed by atoms with Crippen molar-refractivity contribution in [2.45, 2.75) is 39.4 Å². The summed E-state index contributed by atoms with van der Waals surface area (Å²) in [5.74, 6) is 0. The van der Waals surface area contributed by atoms with Gasteiger partial charge in [0.05, 0.1) is 12.7 Å². The minimum Gasteiger partial charge on any atom is -0.391 e. The molecule has 3 nitrogen and oxygen atoms in total. The Balaban J connectivity index is 3.73. The summed E-state index contributed by atoms with van der Waals surface area (Å²) in [6, 6.07) is 0. The van der Waals surface area contributed by atoms with Gasteiger partial charge < -0.3 is 15.2 Å². The monoisotopic (exact) mass is 205 g/mol. The van der Waals surface area contributed by atoms with E-state index in [9.17, 15) is 0 Å². The normalized spacial score (nSPS) is 15.3. The molecule has 0 rings (SSSR count). The second-order valence-electron chi connectivity index (χ2n) is 2.91. The smallest absolute Gasteiger partial charge is 0.107 e. The van der Waals surface area contributed by atoms with Crippen LogP contribution in [0.25, 0.3) is 0 Å². The van der Waals surface area contributed by atoms with E-state index in [0.717, 1.165) is 6.42 Å². The van der Waals surface area contributed by atoms with Gasteiger partial charge in [-0.2, -0.15) is 0 Å². The Morgan fingerprint density at radius 3 is 2.46 bits per heavy atom. The molecule has 2 N–H and O–H groups in total. The van der Waals surface area contributed by atoms with Crippen LogP contribution in [0.5, 0.6) is 0 Å². The third kappa shape index (κ3) is 5.96. The highest BCUT2D eigenvalue weighted by Crippen LogP contribution is 2.03. The minimum atomic E-state index is -0.120. The first-order chi connectivity index (χ1) is 6.11. The van der Waals surface area contributed by atoms with Crippen molar-refractivity contribution in [3.63, 3.8) is 0 Å². The largest absolute Gasteiger partial charge is 0.391 e. The third-order valence-corrected chi connectivity index (χ3v) is 1.90. The van der Waals surface area contributed by atoms with Gasteiger partial charge in [-0.15, -0.1) is 0 Å². The van der Waals surface area contributed by atoms with E-state index < -0.39 is 0 Å². The zero-order valence-electron chi connectivity index (χ0n) is 8.58. The van der Waals surface area contributed by atoms with Gasteiger partial charge in [0.25, 0.3) is 0 Å². The number of hydrogen-bond donors (Lipinski definition) is 1. The Morgan fingerprint density at radius 2 is 2.08 bits per heavy atom. The summed E-state index contributed by atoms with van der Waals surface area (Å²) in [6.07, 6.45) is 0.739. The number of thiocarbonyl (C=S) groups is 1. The van der Waals surface area contributed by atoms with Gasteiger partial charge in [0.2, 0.25) is 0 Å². The highest BCUT2D eigenvalue weighted by Gasteiger charge is 2.13. The second-order valence-corrected chi connectivity index (χ2v) is 3.38. The highest BCUT2D eigenvalue weighted by molar-refractivity contribution is 7.80. The van der Waals surface area contributed by atoms with E-state index in [1.807, 2.05) is 20.8 Å². The van der Waals surface area contributed by atoms with Crippen molar-refractivity contribution in [1.29, 1.82) is 0 Å². The lowest BCUT2D eigenvalue weighted by Gasteiger charge is -2.20. The molecule has 0 bridgehead atoms. The number of nitrogens with two attached hydrogens (primary N) is 1. The van der Waals surface area contributed by atoms with Gasteiger partial charge >= 0.3 is 0 Å². The molecule has 0 fully saturated rings. The Morgan fingerprint density at radius 1 is 1.46 bits per heavy atom. The van der Waals surface area contributed by atoms with Crippen LogP contribution >= 0.6 is 12.2 Å². The highest BCUT2D eigenvalue weighted by atomic mass is 32.1. The molecule has 0 aliphatic carbocycles. The van der Waals surface area contributed by atoms with Gasteiger partial charge in [-0.05, 0) is 20.3 Å². The fraction of sp³-hybridized carbons (Fsp3) is 0.889. The Kier molecular flexibility index (Phi) is 7.13. The first-order valence-electron chi connectivity index (χ1n) is 4.64. The predicted molar refractivity (Wildman–Crippen MR) is 57.9 cm³/mol. The van der Waals surface area contributed by atoms with Crippen molar-refractivity contribution < 1.29 is 9.47 Å². The Labute approximate surface area is 85.6 Å². The van der Waals surface area contributed by atoms with Crippen molar-refractivity contribution in [3.05, 3.63) is 0 Å². The SMILES string of the molecule is CCOCC(C)OC(CC)C(N)=S.